The number of halogens is 3. The molecule has 0 aromatic heterocycles. The molecule has 0 amide bonds. The van der Waals surface area contributed by atoms with Gasteiger partial charge in [-0.3, -0.25) is 9.69 Å². The molecule has 1 heterocycles. The first-order chi connectivity index (χ1) is 14.1. The van der Waals surface area contributed by atoms with Gasteiger partial charge < -0.3 is 5.73 Å². The fourth-order valence-corrected chi connectivity index (χ4v) is 3.74. The lowest BCUT2D eigenvalue weighted by molar-refractivity contribution is -0.138. The summed E-state index contributed by atoms with van der Waals surface area (Å²) in [7, 11) is 0. The van der Waals surface area contributed by atoms with Crippen LogP contribution in [-0.2, 0) is 12.7 Å². The van der Waals surface area contributed by atoms with E-state index in [9.17, 15) is 18.0 Å². The smallest absolute Gasteiger partial charge is 0.398 e. The van der Waals surface area contributed by atoms with Crippen molar-refractivity contribution in [3.05, 3.63) is 70.3 Å². The zero-order valence-corrected chi connectivity index (χ0v) is 17.4. The third kappa shape index (κ3) is 5.30. The molecular formula is C24H27F3N2O. The second kappa shape index (κ2) is 9.04. The molecule has 3 rings (SSSR count). The van der Waals surface area contributed by atoms with Crippen molar-refractivity contribution in [3.8, 4) is 0 Å². The van der Waals surface area contributed by atoms with Gasteiger partial charge >= 0.3 is 6.18 Å². The number of nitrogens with two attached hydrogens (primary N) is 1. The molecule has 160 valence electrons. The van der Waals surface area contributed by atoms with E-state index < -0.39 is 17.5 Å². The van der Waals surface area contributed by atoms with Crippen LogP contribution in [0, 0.1) is 6.92 Å². The number of nitrogen functional groups attached to an aromatic ring is 1. The van der Waals surface area contributed by atoms with E-state index in [1.54, 1.807) is 13.0 Å². The number of benzene rings is 2. The van der Waals surface area contributed by atoms with Crippen LogP contribution in [0.4, 0.5) is 18.9 Å². The molecule has 1 aliphatic heterocycles. The summed E-state index contributed by atoms with van der Waals surface area (Å²) in [6, 6.07) is 9.37. The summed E-state index contributed by atoms with van der Waals surface area (Å²) in [6.45, 7) is 5.49. The molecule has 0 bridgehead atoms. The summed E-state index contributed by atoms with van der Waals surface area (Å²) in [5.41, 5.74) is 8.39. The highest BCUT2D eigenvalue weighted by Crippen LogP contribution is 2.34. The highest BCUT2D eigenvalue weighted by molar-refractivity contribution is 6.08. The number of hydrogen-bond acceptors (Lipinski definition) is 3. The van der Waals surface area contributed by atoms with Crippen LogP contribution in [0.2, 0.25) is 0 Å². The molecule has 1 aliphatic rings. The molecule has 2 aromatic rings. The minimum Gasteiger partial charge on any atom is -0.398 e. The van der Waals surface area contributed by atoms with Crippen molar-refractivity contribution >= 4 is 17.0 Å². The number of allylic oxidation sites excluding steroid dienone is 2. The number of ketones is 1. The van der Waals surface area contributed by atoms with E-state index in [4.69, 9.17) is 5.73 Å². The van der Waals surface area contributed by atoms with Crippen molar-refractivity contribution in [1.29, 1.82) is 0 Å². The number of piperidine rings is 1. The summed E-state index contributed by atoms with van der Waals surface area (Å²) in [6.07, 6.45) is -0.0130. The van der Waals surface area contributed by atoms with Crippen LogP contribution >= 0.6 is 0 Å². The van der Waals surface area contributed by atoms with Crippen molar-refractivity contribution < 1.29 is 18.0 Å². The molecule has 3 nitrogen and oxygen atoms in total. The van der Waals surface area contributed by atoms with Gasteiger partial charge in [-0.1, -0.05) is 30.7 Å². The van der Waals surface area contributed by atoms with Crippen molar-refractivity contribution in [2.45, 2.75) is 45.8 Å². The van der Waals surface area contributed by atoms with Crippen molar-refractivity contribution in [2.75, 3.05) is 18.8 Å². The van der Waals surface area contributed by atoms with Gasteiger partial charge in [0.1, 0.15) is 0 Å². The molecule has 0 spiro atoms. The van der Waals surface area contributed by atoms with Gasteiger partial charge in [-0.2, -0.15) is 13.2 Å². The summed E-state index contributed by atoms with van der Waals surface area (Å²) in [5.74, 6) is -0.457. The van der Waals surface area contributed by atoms with Gasteiger partial charge in [0.2, 0.25) is 0 Å². The summed E-state index contributed by atoms with van der Waals surface area (Å²) in [5, 5.41) is 0. The molecule has 6 heteroatoms. The van der Waals surface area contributed by atoms with Crippen molar-refractivity contribution in [3.63, 3.8) is 0 Å². The fourth-order valence-electron chi connectivity index (χ4n) is 3.74. The Bertz CT molecular complexity index is 957. The number of carbonyl (C=O) groups excluding carboxylic acids is 1. The van der Waals surface area contributed by atoms with Crippen molar-refractivity contribution in [2.24, 2.45) is 0 Å². The predicted octanol–water partition coefficient (Wildman–Crippen LogP) is 5.87. The monoisotopic (exact) mass is 416 g/mol. The lowest BCUT2D eigenvalue weighted by Crippen LogP contribution is -2.30. The lowest BCUT2D eigenvalue weighted by atomic mass is 9.97. The van der Waals surface area contributed by atoms with E-state index in [-0.39, 0.29) is 17.7 Å². The van der Waals surface area contributed by atoms with E-state index in [1.165, 1.54) is 18.2 Å². The lowest BCUT2D eigenvalue weighted by Gasteiger charge is -2.27. The third-order valence-electron chi connectivity index (χ3n) is 5.62. The predicted molar refractivity (Wildman–Crippen MR) is 114 cm³/mol. The Morgan fingerprint density at radius 3 is 2.37 bits per heavy atom. The normalized spacial score (nSPS) is 16.0. The maximum atomic E-state index is 13.7. The SMILES string of the molecule is CC(=CC(=O)c1ccc(CN2CCCCC2)c(C(F)(F)F)c1)c1ccc(C)c(N)c1. The van der Waals surface area contributed by atoms with Crippen LogP contribution in [0.3, 0.4) is 0 Å². The topological polar surface area (TPSA) is 46.3 Å². The summed E-state index contributed by atoms with van der Waals surface area (Å²) >= 11 is 0. The molecule has 2 aromatic carbocycles. The Morgan fingerprint density at radius 2 is 1.73 bits per heavy atom. The van der Waals surface area contributed by atoms with E-state index in [1.807, 2.05) is 24.0 Å². The highest BCUT2D eigenvalue weighted by atomic mass is 19.4. The number of hydrogen-bond donors (Lipinski definition) is 1. The van der Waals surface area contributed by atoms with Crippen LogP contribution in [-0.4, -0.2) is 23.8 Å². The molecule has 1 saturated heterocycles. The van der Waals surface area contributed by atoms with Gasteiger partial charge in [-0.25, -0.2) is 0 Å². The Balaban J connectivity index is 1.87. The zero-order valence-electron chi connectivity index (χ0n) is 17.4. The van der Waals surface area contributed by atoms with E-state index in [2.05, 4.69) is 0 Å². The van der Waals surface area contributed by atoms with E-state index >= 15 is 0 Å². The van der Waals surface area contributed by atoms with Crippen LogP contribution in [0.25, 0.3) is 5.57 Å². The van der Waals surface area contributed by atoms with Crippen LogP contribution in [0.1, 0.15) is 58.8 Å². The largest absolute Gasteiger partial charge is 0.416 e. The van der Waals surface area contributed by atoms with Crippen molar-refractivity contribution in [1.82, 2.24) is 4.90 Å². The van der Waals surface area contributed by atoms with Gasteiger partial charge in [-0.15, -0.1) is 0 Å². The number of likely N-dealkylation sites (tertiary alicyclic amines) is 1. The summed E-state index contributed by atoms with van der Waals surface area (Å²) < 4.78 is 41.1. The quantitative estimate of drug-likeness (QED) is 0.377. The molecule has 2 N–H and O–H groups in total. The average molecular weight is 416 g/mol. The second-order valence-electron chi connectivity index (χ2n) is 7.97. The van der Waals surface area contributed by atoms with E-state index in [0.717, 1.165) is 49.5 Å². The summed E-state index contributed by atoms with van der Waals surface area (Å²) in [4.78, 5) is 14.7. The maximum Gasteiger partial charge on any atom is 0.416 e. The first kappa shape index (κ1) is 22.1. The third-order valence-corrected chi connectivity index (χ3v) is 5.62. The molecule has 30 heavy (non-hydrogen) atoms. The first-order valence-corrected chi connectivity index (χ1v) is 10.2. The van der Waals surface area contributed by atoms with E-state index in [0.29, 0.717) is 11.3 Å². The molecule has 0 saturated carbocycles. The minimum absolute atomic E-state index is 0.0316. The molecule has 0 atom stereocenters. The number of carbonyl (C=O) groups is 1. The fraction of sp³-hybridized carbons (Fsp3) is 0.375. The number of nitrogens with zero attached hydrogens (tertiary/aromatic N) is 1. The van der Waals surface area contributed by atoms with Gasteiger partial charge in [0.25, 0.3) is 0 Å². The minimum atomic E-state index is -4.51. The zero-order chi connectivity index (χ0) is 21.9. The Hall–Kier alpha value is -2.60. The number of aryl methyl sites for hydroxylation is 1. The molecule has 0 unspecified atom stereocenters. The number of rotatable bonds is 5. The van der Waals surface area contributed by atoms with Gasteiger partial charge in [-0.05, 0) is 80.3 Å². The average Bonchev–Trinajstić information content (AvgIpc) is 2.70. The maximum absolute atomic E-state index is 13.7. The Labute approximate surface area is 175 Å². The Kier molecular flexibility index (Phi) is 6.66. The number of alkyl halides is 3. The number of anilines is 1. The molecule has 0 aliphatic carbocycles. The molecular weight excluding hydrogens is 389 g/mol. The van der Waals surface area contributed by atoms with Crippen LogP contribution in [0.5, 0.6) is 0 Å². The van der Waals surface area contributed by atoms with Gasteiger partial charge in [0.05, 0.1) is 5.56 Å². The highest BCUT2D eigenvalue weighted by Gasteiger charge is 2.34. The standard InChI is InChI=1S/C24H27F3N2O/c1-16-6-7-18(14-22(16)28)17(2)12-23(30)19-8-9-20(21(13-19)24(25,26)27)15-29-10-4-3-5-11-29/h6-9,12-14H,3-5,10-11,15,28H2,1-2H3. The molecule has 0 radical (unpaired) electrons. The van der Waals surface area contributed by atoms with Gasteiger partial charge in [0.15, 0.2) is 5.78 Å². The first-order valence-electron chi connectivity index (χ1n) is 10.2. The Morgan fingerprint density at radius 1 is 1.07 bits per heavy atom. The second-order valence-corrected chi connectivity index (χ2v) is 7.97. The van der Waals surface area contributed by atoms with Crippen LogP contribution < -0.4 is 5.73 Å². The van der Waals surface area contributed by atoms with Crippen LogP contribution in [0.15, 0.2) is 42.5 Å². The molecule has 1 fully saturated rings. The van der Waals surface area contributed by atoms with Gasteiger partial charge in [0, 0.05) is 17.8 Å².